The van der Waals surface area contributed by atoms with E-state index >= 15 is 0 Å². The molecule has 0 bridgehead atoms. The van der Waals surface area contributed by atoms with Crippen molar-refractivity contribution in [2.45, 2.75) is 222 Å². The van der Waals surface area contributed by atoms with Gasteiger partial charge < -0.3 is 74.8 Å². The minimum absolute atomic E-state index is 0. The Kier molecular flexibility index (Phi) is 34.8. The molecule has 10 aromatic rings. The van der Waals surface area contributed by atoms with Gasteiger partial charge in [-0.05, 0) is 243 Å². The number of nitrogens with one attached hydrogen (secondary N) is 4. The van der Waals surface area contributed by atoms with E-state index in [1.54, 1.807) is 98.5 Å². The van der Waals surface area contributed by atoms with E-state index in [0.29, 0.717) is 147 Å². The van der Waals surface area contributed by atoms with Crippen molar-refractivity contribution in [3.05, 3.63) is 277 Å². The molecule has 769 valence electrons. The van der Waals surface area contributed by atoms with Crippen molar-refractivity contribution >= 4 is 155 Å². The third-order valence-corrected chi connectivity index (χ3v) is 27.4. The molecule has 0 fully saturated rings. The first-order valence-corrected chi connectivity index (χ1v) is 58.5. The molecular weight excluding hydrogens is 1990 g/mol. The summed E-state index contributed by atoms with van der Waals surface area (Å²) in [4.78, 5) is 181. The Labute approximate surface area is 867 Å². The summed E-state index contributed by atoms with van der Waals surface area (Å²) >= 11 is -0.543. The van der Waals surface area contributed by atoms with Gasteiger partial charge in [-0.25, -0.2) is 0 Å². The van der Waals surface area contributed by atoms with Gasteiger partial charge in [0, 0.05) is 139 Å². The SMILES string of the molecule is COC(=O)CCCCC(=O)N[C@@H](C)C(=O)C[C@@H](C)C(=O)Nc1cc(COc2cc3c(cc2C)C(=O)N2c4ccccc4C[C@H]2C=C3)cc(COc2cc3c(cc2OC)C(=O)N2c4ccccc4C[C@H]2C=N3)c1.COc1cc2c(cc1OCc1cc(COc3cc4c(cc3C)C(=O)N3c5ccccc5C[C@H]3CC4)cc(NC(=O)[C@H](C)CC(=O)[C@H](C)NC(=O)CCCCC(=O)O)c1)N=C[C@@H]1Cc3ccccc3N1C2=O.O.[CH3][Sn]([CH3])[CH3]. The Morgan fingerprint density at radius 2 is 0.804 bits per heavy atom. The molecule has 0 aromatic heterocycles. The van der Waals surface area contributed by atoms with E-state index in [-0.39, 0.29) is 148 Å². The number of unbranched alkanes of at least 4 members (excludes halogenated alkanes) is 2. The van der Waals surface area contributed by atoms with Crippen LogP contribution in [-0.4, -0.2) is 171 Å². The van der Waals surface area contributed by atoms with Gasteiger partial charge in [-0.3, -0.25) is 77.3 Å². The summed E-state index contributed by atoms with van der Waals surface area (Å²) < 4.78 is 42.0. The number of ether oxygens (including phenoxy) is 7. The van der Waals surface area contributed by atoms with Gasteiger partial charge in [-0.2, -0.15) is 0 Å². The Balaban J connectivity index is 0.000000213. The van der Waals surface area contributed by atoms with Crippen LogP contribution in [0.2, 0.25) is 14.8 Å². The number of Topliss-reactive ketones (excluding diaryl/α,β-unsaturated/α-hetero) is 2. The van der Waals surface area contributed by atoms with Crippen LogP contribution in [0.25, 0.3) is 6.08 Å². The Morgan fingerprint density at radius 3 is 1.24 bits per heavy atom. The second-order valence-electron chi connectivity index (χ2n) is 39.2. The molecule has 0 saturated heterocycles. The first-order valence-electron chi connectivity index (χ1n) is 50.0. The van der Waals surface area contributed by atoms with Gasteiger partial charge in [-0.1, -0.05) is 98.8 Å². The van der Waals surface area contributed by atoms with E-state index < -0.39 is 61.5 Å². The van der Waals surface area contributed by atoms with Crippen LogP contribution in [0.4, 0.5) is 45.5 Å². The average Bonchev–Trinajstić information content (AvgIpc) is 1.62. The molecule has 31 nitrogen and oxygen atoms in total. The second kappa shape index (κ2) is 48.0. The summed E-state index contributed by atoms with van der Waals surface area (Å²) in [5, 5.41) is 20.2. The van der Waals surface area contributed by atoms with Crippen LogP contribution in [0.5, 0.6) is 34.5 Å². The van der Waals surface area contributed by atoms with Crippen molar-refractivity contribution in [2.75, 3.05) is 51.6 Å². The van der Waals surface area contributed by atoms with Gasteiger partial charge in [-0.15, -0.1) is 0 Å². The fraction of sp³-hybridized carbons (Fsp3) is 0.345. The molecule has 8 heterocycles. The average molecular weight is 2110 g/mol. The number of hydrogen-bond donors (Lipinski definition) is 5. The number of rotatable bonds is 36. The Hall–Kier alpha value is -15.1. The van der Waals surface area contributed by atoms with E-state index in [2.05, 4.69) is 59.0 Å². The van der Waals surface area contributed by atoms with Crippen LogP contribution in [0.1, 0.15) is 207 Å². The predicted octanol–water partition coefficient (Wildman–Crippen LogP) is 18.0. The van der Waals surface area contributed by atoms with E-state index in [9.17, 15) is 57.5 Å². The van der Waals surface area contributed by atoms with Crippen LogP contribution < -0.4 is 69.3 Å². The van der Waals surface area contributed by atoms with Gasteiger partial charge >= 0.3 is 46.5 Å². The number of carboxylic acids is 1. The van der Waals surface area contributed by atoms with Gasteiger partial charge in [0.05, 0.1) is 74.0 Å². The van der Waals surface area contributed by atoms with E-state index in [4.69, 9.17) is 43.5 Å². The Bertz CT molecular complexity index is 6910. The molecule has 8 aliphatic heterocycles. The first kappa shape index (κ1) is 107. The minimum atomic E-state index is -0.933. The molecule has 8 aliphatic rings. The predicted molar refractivity (Wildman–Crippen MR) is 569 cm³/mol. The number of amides is 8. The number of carboxylic acid groups (broad SMARTS) is 1. The number of ketones is 2. The number of hydrogen-bond acceptors (Lipinski definition) is 21. The van der Waals surface area contributed by atoms with Crippen LogP contribution in [0, 0.1) is 25.7 Å². The number of fused-ring (bicyclic) bond motifs is 16. The molecule has 8 atom stereocenters. The monoisotopic (exact) mass is 2110 g/mol. The Morgan fingerprint density at radius 1 is 0.426 bits per heavy atom. The normalized spacial score (nSPS) is 16.5. The molecule has 0 aliphatic carbocycles. The number of aliphatic carboxylic acids is 1. The molecule has 10 aromatic carbocycles. The summed E-state index contributed by atoms with van der Waals surface area (Å²) in [6.45, 7) is 10.5. The number of methoxy groups -OCH3 is 3. The van der Waals surface area contributed by atoms with Crippen molar-refractivity contribution in [1.82, 2.24) is 10.6 Å². The number of anilines is 6. The van der Waals surface area contributed by atoms with Crippen LogP contribution in [0.15, 0.2) is 198 Å². The number of carbonyl (C=O) groups is 12. The molecule has 0 spiro atoms. The molecule has 18 rings (SSSR count). The summed E-state index contributed by atoms with van der Waals surface area (Å²) in [6, 6.07) is 54.9. The number of carbonyl (C=O) groups excluding carboxylic acids is 11. The third-order valence-electron chi connectivity index (χ3n) is 27.4. The molecular formula is C116H125N10O21Sn. The zero-order valence-corrected chi connectivity index (χ0v) is 88.1. The fourth-order valence-corrected chi connectivity index (χ4v) is 19.8. The van der Waals surface area contributed by atoms with Crippen LogP contribution in [-0.2, 0) is 102 Å². The summed E-state index contributed by atoms with van der Waals surface area (Å²) in [5.74, 6) is -2.75. The molecule has 148 heavy (non-hydrogen) atoms. The van der Waals surface area contributed by atoms with Gasteiger partial charge in [0.2, 0.25) is 23.6 Å². The molecule has 32 heteroatoms. The van der Waals surface area contributed by atoms with Gasteiger partial charge in [0.1, 0.15) is 37.9 Å². The standard InChI is InChI=1S/C57H57N5O10.C56H57N5O10.3CH3.H2O.Sn/c1-33-20-44-38(18-19-42-25-39-12-6-8-14-47(39)61(42)56(44)67)27-50(33)71-31-36-22-37(24-41(23-36)60-55(66)34(2)21-49(63)35(3)59-53(64)16-10-11-17-54(65)70-5)32-72-52-29-46-45(28-51(52)69-4)57(68)62-43(30-58-46)26-40-13-7-9-15-48(40)62;1-32-19-43-37(17-18-41-24-38-11-5-7-13-46(38)60(41)55(43)67)26-49(32)70-30-35-21-36(23-40(22-35)59-54(66)33(2)20-48(62)34(3)58-52(63)15-9-10-16-53(64)65)31-71-51-28-45-44(27-50(51)69-4)56(68)61-42(29-57-45)25-39-12-6-8-14-47(39)61;;;;;/h6-9,12-15,18-20,22-24,27-30,34-35,42-43H,10-11,16-17,21,25-26,31-32H2,1-5H3,(H,59,64)(H,60,66);5-8,11-14,19,21-23,26-29,33-34,41-42H,9-10,15-18,20,24-25,30-31H2,1-4H3,(H,58,63)(H,59,66)(H,64,65);3*1H3;1H2;/t34-,35+,42-,43+;33-,34+,41-,42+;;;;;/m11...../s1. The number of aryl methyl sites for hydroxylation is 3. The maximum absolute atomic E-state index is 14.1. The molecule has 7 N–H and O–H groups in total. The van der Waals surface area contributed by atoms with Crippen LogP contribution in [0.3, 0.4) is 0 Å². The van der Waals surface area contributed by atoms with E-state index in [1.807, 2.05) is 151 Å². The van der Waals surface area contributed by atoms with E-state index in [1.165, 1.54) is 26.9 Å². The quantitative estimate of drug-likeness (QED) is 0.0138. The number of para-hydroxylation sites is 4. The summed E-state index contributed by atoms with van der Waals surface area (Å²) in [7, 11) is 4.33. The van der Waals surface area contributed by atoms with Crippen molar-refractivity contribution < 1.29 is 101 Å². The number of esters is 1. The van der Waals surface area contributed by atoms with Crippen molar-refractivity contribution in [3.63, 3.8) is 0 Å². The number of benzene rings is 10. The number of aliphatic imine (C=N–C) groups is 2. The zero-order chi connectivity index (χ0) is 104. The molecule has 0 unspecified atom stereocenters. The van der Waals surface area contributed by atoms with Crippen molar-refractivity contribution in [2.24, 2.45) is 21.8 Å². The topological polar surface area (TPSA) is 407 Å². The zero-order valence-electron chi connectivity index (χ0n) is 85.3. The van der Waals surface area contributed by atoms with Crippen LogP contribution >= 0.6 is 0 Å². The summed E-state index contributed by atoms with van der Waals surface area (Å²) in [6.07, 6.45) is 13.9. The molecule has 1 radical (unpaired) electrons. The molecule has 0 saturated carbocycles. The number of nitrogens with zero attached hydrogens (tertiary/aromatic N) is 6. The van der Waals surface area contributed by atoms with Crippen molar-refractivity contribution in [1.29, 1.82) is 0 Å². The first-order chi connectivity index (χ1) is 70.7. The van der Waals surface area contributed by atoms with Crippen molar-refractivity contribution in [3.8, 4) is 34.5 Å². The van der Waals surface area contributed by atoms with E-state index in [0.717, 1.165) is 81.0 Å². The van der Waals surface area contributed by atoms with Gasteiger partial charge in [0.15, 0.2) is 34.6 Å². The third kappa shape index (κ3) is 25.0. The maximum atomic E-state index is 14.1. The summed E-state index contributed by atoms with van der Waals surface area (Å²) in [5.41, 5.74) is 17.9. The molecule has 8 amide bonds. The second-order valence-corrected chi connectivity index (χ2v) is 47.7. The fourth-order valence-electron chi connectivity index (χ4n) is 19.8. The van der Waals surface area contributed by atoms with Gasteiger partial charge in [0.25, 0.3) is 23.6 Å².